The minimum absolute atomic E-state index is 0.290. The molecule has 1 N–H and O–H groups in total. The fourth-order valence-electron chi connectivity index (χ4n) is 4.99. The number of fused-ring (bicyclic) bond motifs is 5. The first-order valence-electron chi connectivity index (χ1n) is 9.38. The average molecular weight is 410 g/mol. The number of carbonyl (C=O) groups excluding carboxylic acids is 3. The maximum Gasteiger partial charge on any atom is 0.365 e. The molecule has 29 heavy (non-hydrogen) atoms. The lowest BCUT2D eigenvalue weighted by Crippen LogP contribution is -3.12. The fraction of sp³-hybridized carbons (Fsp3) is 0.227. The van der Waals surface area contributed by atoms with E-state index in [1.807, 2.05) is 36.5 Å². The summed E-state index contributed by atoms with van der Waals surface area (Å²) < 4.78 is 5.03. The third-order valence-electron chi connectivity index (χ3n) is 6.16. The van der Waals surface area contributed by atoms with Gasteiger partial charge in [0, 0.05) is 10.6 Å². The Labute approximate surface area is 172 Å². The van der Waals surface area contributed by atoms with E-state index >= 15 is 0 Å². The van der Waals surface area contributed by atoms with Crippen LogP contribution >= 0.6 is 11.6 Å². The molecular weight excluding hydrogens is 392 g/mol. The van der Waals surface area contributed by atoms with Gasteiger partial charge in [0.05, 0.1) is 19.0 Å². The molecule has 2 saturated heterocycles. The first-order chi connectivity index (χ1) is 14.0. The molecule has 0 spiro atoms. The van der Waals surface area contributed by atoms with Gasteiger partial charge in [-0.2, -0.15) is 0 Å². The number of nitrogens with one attached hydrogen (secondary N) is 1. The number of rotatable bonds is 2. The Morgan fingerprint density at radius 1 is 1.03 bits per heavy atom. The second-order valence-electron chi connectivity index (χ2n) is 7.48. The maximum atomic E-state index is 13.5. The average Bonchev–Trinajstić information content (AvgIpc) is 3.21. The van der Waals surface area contributed by atoms with Crippen molar-refractivity contribution in [3.8, 4) is 0 Å². The van der Waals surface area contributed by atoms with Crippen LogP contribution in [0.2, 0.25) is 5.02 Å². The van der Waals surface area contributed by atoms with Crippen LogP contribution in [0, 0.1) is 11.8 Å². The summed E-state index contributed by atoms with van der Waals surface area (Å²) in [6, 6.07) is 13.3. The Morgan fingerprint density at radius 3 is 2.45 bits per heavy atom. The molecule has 2 aromatic rings. The van der Waals surface area contributed by atoms with Crippen LogP contribution in [0.4, 0.5) is 5.69 Å². The van der Waals surface area contributed by atoms with Gasteiger partial charge in [-0.1, -0.05) is 35.9 Å². The number of ether oxygens (including phenoxy) is 1. The minimum atomic E-state index is -0.776. The number of quaternary nitrogens is 1. The van der Waals surface area contributed by atoms with E-state index in [0.29, 0.717) is 10.7 Å². The lowest BCUT2D eigenvalue weighted by Gasteiger charge is -2.30. The summed E-state index contributed by atoms with van der Waals surface area (Å²) in [5.41, 5.74) is 2.42. The van der Waals surface area contributed by atoms with E-state index in [0.717, 1.165) is 16.0 Å². The normalized spacial score (nSPS) is 29.4. The highest BCUT2D eigenvalue weighted by molar-refractivity contribution is 6.31. The highest BCUT2D eigenvalue weighted by Gasteiger charge is 2.68. The molecule has 1 unspecified atom stereocenters. The van der Waals surface area contributed by atoms with Crippen molar-refractivity contribution in [1.82, 2.24) is 0 Å². The summed E-state index contributed by atoms with van der Waals surface area (Å²) in [5, 5.41) is 0.516. The zero-order valence-electron chi connectivity index (χ0n) is 15.5. The minimum Gasteiger partial charge on any atom is -0.465 e. The van der Waals surface area contributed by atoms with E-state index in [-0.39, 0.29) is 17.9 Å². The number of imide groups is 1. The Hall–Kier alpha value is -2.96. The topological polar surface area (TPSA) is 68.1 Å². The number of nitrogens with zero attached hydrogens (tertiary/aromatic N) is 1. The van der Waals surface area contributed by atoms with Crippen LogP contribution in [0.15, 0.2) is 54.7 Å². The van der Waals surface area contributed by atoms with Crippen molar-refractivity contribution in [3.63, 3.8) is 0 Å². The van der Waals surface area contributed by atoms with Crippen LogP contribution in [0.1, 0.15) is 17.2 Å². The van der Waals surface area contributed by atoms with Crippen molar-refractivity contribution < 1.29 is 24.0 Å². The van der Waals surface area contributed by atoms with E-state index in [1.165, 1.54) is 12.0 Å². The van der Waals surface area contributed by atoms with Crippen LogP contribution in [0.25, 0.3) is 6.08 Å². The van der Waals surface area contributed by atoms with Gasteiger partial charge in [-0.05, 0) is 35.9 Å². The number of esters is 1. The number of amides is 2. The van der Waals surface area contributed by atoms with Crippen molar-refractivity contribution in [3.05, 3.63) is 70.9 Å². The van der Waals surface area contributed by atoms with Crippen LogP contribution in [-0.4, -0.2) is 30.9 Å². The van der Waals surface area contributed by atoms with Crippen LogP contribution in [0.5, 0.6) is 0 Å². The fourth-order valence-corrected chi connectivity index (χ4v) is 5.11. The molecule has 2 amide bonds. The second kappa shape index (κ2) is 6.54. The molecule has 2 fully saturated rings. The highest BCUT2D eigenvalue weighted by Crippen LogP contribution is 2.44. The van der Waals surface area contributed by atoms with Crippen LogP contribution < -0.4 is 9.80 Å². The van der Waals surface area contributed by atoms with E-state index in [9.17, 15) is 14.4 Å². The summed E-state index contributed by atoms with van der Waals surface area (Å²) >= 11 is 5.96. The largest absolute Gasteiger partial charge is 0.465 e. The first-order valence-corrected chi connectivity index (χ1v) is 9.75. The maximum absolute atomic E-state index is 13.5. The predicted octanol–water partition coefficient (Wildman–Crippen LogP) is 1.61. The van der Waals surface area contributed by atoms with Crippen molar-refractivity contribution in [2.75, 3.05) is 12.0 Å². The van der Waals surface area contributed by atoms with E-state index < -0.39 is 23.8 Å². The molecular formula is C22H18ClN2O4+. The van der Waals surface area contributed by atoms with Gasteiger partial charge < -0.3 is 4.74 Å². The SMILES string of the molecule is COC(=O)[C@H]1[C@@H]2C(=O)N(c3ccc(Cl)cc3)C(=O)[C@@H]2[C@H]2c3ccccc3C=C[NH+]21. The molecule has 0 bridgehead atoms. The Kier molecular flexibility index (Phi) is 4.08. The van der Waals surface area contributed by atoms with Gasteiger partial charge in [0.1, 0.15) is 17.9 Å². The molecule has 5 atom stereocenters. The lowest BCUT2D eigenvalue weighted by atomic mass is 9.84. The predicted molar refractivity (Wildman–Crippen MR) is 106 cm³/mol. The molecule has 0 radical (unpaired) electrons. The summed E-state index contributed by atoms with van der Waals surface area (Å²) in [7, 11) is 1.31. The van der Waals surface area contributed by atoms with E-state index in [1.54, 1.807) is 24.3 Å². The molecule has 0 aromatic heterocycles. The highest BCUT2D eigenvalue weighted by atomic mass is 35.5. The number of hydrogen-bond acceptors (Lipinski definition) is 4. The van der Waals surface area contributed by atoms with Gasteiger partial charge >= 0.3 is 5.97 Å². The number of benzene rings is 2. The van der Waals surface area contributed by atoms with Gasteiger partial charge in [0.15, 0.2) is 0 Å². The Balaban J connectivity index is 1.65. The molecule has 6 nitrogen and oxygen atoms in total. The van der Waals surface area contributed by atoms with Gasteiger partial charge in [-0.15, -0.1) is 0 Å². The van der Waals surface area contributed by atoms with Gasteiger partial charge in [0.2, 0.25) is 17.9 Å². The molecule has 7 heteroatoms. The molecule has 3 aliphatic heterocycles. The van der Waals surface area contributed by atoms with Crippen molar-refractivity contribution in [2.24, 2.45) is 11.8 Å². The molecule has 0 saturated carbocycles. The molecule has 2 aromatic carbocycles. The third-order valence-corrected chi connectivity index (χ3v) is 6.41. The van der Waals surface area contributed by atoms with Gasteiger partial charge in [-0.25, -0.2) is 9.69 Å². The molecule has 0 aliphatic carbocycles. The van der Waals surface area contributed by atoms with E-state index in [4.69, 9.17) is 16.3 Å². The first kappa shape index (κ1) is 18.1. The van der Waals surface area contributed by atoms with Crippen molar-refractivity contribution in [1.29, 1.82) is 0 Å². The lowest BCUT2D eigenvalue weighted by molar-refractivity contribution is -0.885. The van der Waals surface area contributed by atoms with Crippen LogP contribution in [-0.2, 0) is 19.1 Å². The monoisotopic (exact) mass is 409 g/mol. The van der Waals surface area contributed by atoms with Crippen LogP contribution in [0.3, 0.4) is 0 Å². The zero-order valence-corrected chi connectivity index (χ0v) is 16.3. The quantitative estimate of drug-likeness (QED) is 0.604. The smallest absolute Gasteiger partial charge is 0.365 e. The standard InChI is InChI=1S/C22H17ClN2O4/c1-29-22(28)19-17-16(18-15-5-3-2-4-12(15)10-11-24(18)19)20(26)25(21(17)27)14-8-6-13(23)7-9-14/h2-11,16-19H,1H3/p+1/t16-,17+,18+,19+/m0/s1. The summed E-state index contributed by atoms with van der Waals surface area (Å²) in [5.74, 6) is -2.56. The van der Waals surface area contributed by atoms with E-state index in [2.05, 4.69) is 0 Å². The Morgan fingerprint density at radius 2 is 1.72 bits per heavy atom. The number of anilines is 1. The number of carbonyl (C=O) groups is 3. The Bertz CT molecular complexity index is 1060. The number of halogens is 1. The van der Waals surface area contributed by atoms with Crippen molar-refractivity contribution in [2.45, 2.75) is 12.1 Å². The molecule has 5 rings (SSSR count). The van der Waals surface area contributed by atoms with Crippen molar-refractivity contribution >= 4 is 41.1 Å². The zero-order chi connectivity index (χ0) is 20.3. The number of methoxy groups -OCH3 is 1. The molecule has 3 aliphatic rings. The summed E-state index contributed by atoms with van der Waals surface area (Å²) in [4.78, 5) is 41.5. The van der Waals surface area contributed by atoms with Gasteiger partial charge in [0.25, 0.3) is 0 Å². The third kappa shape index (κ3) is 2.49. The molecule has 146 valence electrons. The summed E-state index contributed by atoms with van der Waals surface area (Å²) in [6.45, 7) is 0. The van der Waals surface area contributed by atoms with Gasteiger partial charge in [-0.3, -0.25) is 14.5 Å². The summed E-state index contributed by atoms with van der Waals surface area (Å²) in [6.07, 6.45) is 3.81. The number of hydrogen-bond donors (Lipinski definition) is 1. The molecule has 3 heterocycles. The second-order valence-corrected chi connectivity index (χ2v) is 7.92.